The molecule has 0 fully saturated rings. The minimum absolute atomic E-state index is 0.791. The van der Waals surface area contributed by atoms with Crippen LogP contribution in [0.4, 0.5) is 0 Å². The molecule has 3 nitrogen and oxygen atoms in total. The molecule has 0 amide bonds. The lowest BCUT2D eigenvalue weighted by Crippen LogP contribution is -2.04. The van der Waals surface area contributed by atoms with Gasteiger partial charge in [0.1, 0.15) is 5.75 Å². The first-order chi connectivity index (χ1) is 13.8. The molecule has 1 aromatic heterocycles. The molecule has 28 heavy (non-hydrogen) atoms. The summed E-state index contributed by atoms with van der Waals surface area (Å²) in [4.78, 5) is 4.74. The van der Waals surface area contributed by atoms with E-state index in [0.29, 0.717) is 0 Å². The van der Waals surface area contributed by atoms with Gasteiger partial charge in [-0.3, -0.25) is 0 Å². The van der Waals surface area contributed by atoms with E-state index in [9.17, 15) is 0 Å². The third-order valence-electron chi connectivity index (χ3n) is 4.60. The fraction of sp³-hybridized carbons (Fsp3) is 0.125. The molecule has 0 bridgehead atoms. The first kappa shape index (κ1) is 18.4. The van der Waals surface area contributed by atoms with E-state index in [1.807, 2.05) is 30.5 Å². The zero-order valence-corrected chi connectivity index (χ0v) is 16.6. The van der Waals surface area contributed by atoms with Gasteiger partial charge in [-0.1, -0.05) is 72.4 Å². The summed E-state index contributed by atoms with van der Waals surface area (Å²) in [6.45, 7) is 0.791. The standard InChI is InChI=1S/C24H22N2OS/c1-27-22-14-12-21(13-15-22)23-16-25-24(28-18-20-10-6-3-7-11-20)26(23)17-19-8-4-2-5-9-19/h2-16H,17-18H2,1H3. The van der Waals surface area contributed by atoms with Gasteiger partial charge in [0.25, 0.3) is 0 Å². The van der Waals surface area contributed by atoms with Gasteiger partial charge in [-0.05, 0) is 35.4 Å². The van der Waals surface area contributed by atoms with Crippen molar-refractivity contribution < 1.29 is 4.74 Å². The van der Waals surface area contributed by atoms with E-state index < -0.39 is 0 Å². The van der Waals surface area contributed by atoms with E-state index in [0.717, 1.165) is 34.5 Å². The zero-order chi connectivity index (χ0) is 19.2. The Hall–Kier alpha value is -2.98. The minimum Gasteiger partial charge on any atom is -0.497 e. The molecule has 0 unspecified atom stereocenters. The van der Waals surface area contributed by atoms with Crippen molar-refractivity contribution in [3.63, 3.8) is 0 Å². The van der Waals surface area contributed by atoms with Crippen molar-refractivity contribution in [2.75, 3.05) is 7.11 Å². The van der Waals surface area contributed by atoms with Crippen LogP contribution in [0.25, 0.3) is 11.3 Å². The SMILES string of the molecule is COc1ccc(-c2cnc(SCc3ccccc3)n2Cc2ccccc2)cc1. The second kappa shape index (κ2) is 8.81. The minimum atomic E-state index is 0.791. The highest BCUT2D eigenvalue weighted by Crippen LogP contribution is 2.30. The summed E-state index contributed by atoms with van der Waals surface area (Å²) in [7, 11) is 1.69. The number of nitrogens with zero attached hydrogens (tertiary/aromatic N) is 2. The van der Waals surface area contributed by atoms with Crippen LogP contribution in [0.2, 0.25) is 0 Å². The fourth-order valence-electron chi connectivity index (χ4n) is 3.11. The quantitative estimate of drug-likeness (QED) is 0.370. The highest BCUT2D eigenvalue weighted by Gasteiger charge is 2.13. The number of hydrogen-bond acceptors (Lipinski definition) is 3. The Morgan fingerprint density at radius 2 is 1.46 bits per heavy atom. The van der Waals surface area contributed by atoms with Gasteiger partial charge in [-0.15, -0.1) is 0 Å². The highest BCUT2D eigenvalue weighted by atomic mass is 32.2. The van der Waals surface area contributed by atoms with Crippen LogP contribution >= 0.6 is 11.8 Å². The first-order valence-corrected chi connectivity index (χ1v) is 10.2. The number of aromatic nitrogens is 2. The Morgan fingerprint density at radius 1 is 0.821 bits per heavy atom. The molecule has 0 atom stereocenters. The van der Waals surface area contributed by atoms with Gasteiger partial charge in [-0.2, -0.15) is 0 Å². The molecular formula is C24H22N2OS. The monoisotopic (exact) mass is 386 g/mol. The largest absolute Gasteiger partial charge is 0.497 e. The summed E-state index contributed by atoms with van der Waals surface area (Å²) < 4.78 is 7.59. The Labute approximate surface area is 170 Å². The molecule has 4 heteroatoms. The summed E-state index contributed by atoms with van der Waals surface area (Å²) in [5.74, 6) is 1.76. The Bertz CT molecular complexity index is 1010. The van der Waals surface area contributed by atoms with E-state index in [4.69, 9.17) is 9.72 Å². The molecule has 0 aliphatic heterocycles. The lowest BCUT2D eigenvalue weighted by atomic mass is 10.1. The van der Waals surface area contributed by atoms with Crippen LogP contribution in [0.3, 0.4) is 0 Å². The summed E-state index contributed by atoms with van der Waals surface area (Å²) in [6.07, 6.45) is 1.97. The predicted octanol–water partition coefficient (Wildman–Crippen LogP) is 5.90. The second-order valence-electron chi connectivity index (χ2n) is 6.50. The molecular weight excluding hydrogens is 364 g/mol. The molecule has 0 aliphatic carbocycles. The molecule has 3 aromatic carbocycles. The van der Waals surface area contributed by atoms with E-state index in [2.05, 4.69) is 65.2 Å². The van der Waals surface area contributed by atoms with Crippen LogP contribution in [0.15, 0.2) is 96.3 Å². The molecule has 4 rings (SSSR count). The number of benzene rings is 3. The summed E-state index contributed by atoms with van der Waals surface area (Å²) in [5.41, 5.74) is 4.81. The maximum Gasteiger partial charge on any atom is 0.169 e. The predicted molar refractivity (Wildman–Crippen MR) is 116 cm³/mol. The Balaban J connectivity index is 1.66. The maximum atomic E-state index is 5.30. The van der Waals surface area contributed by atoms with Crippen molar-refractivity contribution in [1.29, 1.82) is 0 Å². The molecule has 0 saturated heterocycles. The Morgan fingerprint density at radius 3 is 2.11 bits per heavy atom. The van der Waals surface area contributed by atoms with E-state index in [1.165, 1.54) is 11.1 Å². The van der Waals surface area contributed by atoms with E-state index in [-0.39, 0.29) is 0 Å². The average molecular weight is 387 g/mol. The van der Waals surface area contributed by atoms with Crippen LogP contribution in [-0.4, -0.2) is 16.7 Å². The van der Waals surface area contributed by atoms with Crippen molar-refractivity contribution in [3.05, 3.63) is 102 Å². The molecule has 0 saturated carbocycles. The number of rotatable bonds is 7. The molecule has 140 valence electrons. The van der Waals surface area contributed by atoms with Crippen LogP contribution in [-0.2, 0) is 12.3 Å². The average Bonchev–Trinajstić information content (AvgIpc) is 3.16. The topological polar surface area (TPSA) is 27.1 Å². The van der Waals surface area contributed by atoms with E-state index in [1.54, 1.807) is 18.9 Å². The van der Waals surface area contributed by atoms with Crippen LogP contribution in [0.1, 0.15) is 11.1 Å². The van der Waals surface area contributed by atoms with Gasteiger partial charge in [-0.25, -0.2) is 4.98 Å². The molecule has 4 aromatic rings. The van der Waals surface area contributed by atoms with Gasteiger partial charge < -0.3 is 9.30 Å². The van der Waals surface area contributed by atoms with Crippen LogP contribution in [0, 0.1) is 0 Å². The first-order valence-electron chi connectivity index (χ1n) is 9.24. The van der Waals surface area contributed by atoms with Crippen molar-refractivity contribution in [1.82, 2.24) is 9.55 Å². The van der Waals surface area contributed by atoms with Crippen molar-refractivity contribution >= 4 is 11.8 Å². The molecule has 0 radical (unpaired) electrons. The van der Waals surface area contributed by atoms with Crippen LogP contribution < -0.4 is 4.74 Å². The van der Waals surface area contributed by atoms with Gasteiger partial charge in [0.05, 0.1) is 25.5 Å². The van der Waals surface area contributed by atoms with Gasteiger partial charge in [0.15, 0.2) is 5.16 Å². The third-order valence-corrected chi connectivity index (χ3v) is 5.66. The Kier molecular flexibility index (Phi) is 5.78. The molecule has 1 heterocycles. The van der Waals surface area contributed by atoms with Gasteiger partial charge in [0.2, 0.25) is 0 Å². The maximum absolute atomic E-state index is 5.30. The molecule has 0 aliphatic rings. The molecule has 0 spiro atoms. The summed E-state index contributed by atoms with van der Waals surface area (Å²) in [5, 5.41) is 1.03. The number of thioether (sulfide) groups is 1. The second-order valence-corrected chi connectivity index (χ2v) is 7.44. The highest BCUT2D eigenvalue weighted by molar-refractivity contribution is 7.98. The molecule has 0 N–H and O–H groups in total. The number of methoxy groups -OCH3 is 1. The number of hydrogen-bond donors (Lipinski definition) is 0. The van der Waals surface area contributed by atoms with Crippen molar-refractivity contribution in [3.8, 4) is 17.0 Å². The zero-order valence-electron chi connectivity index (χ0n) is 15.8. The summed E-state index contributed by atoms with van der Waals surface area (Å²) >= 11 is 1.77. The normalized spacial score (nSPS) is 10.8. The lowest BCUT2D eigenvalue weighted by molar-refractivity contribution is 0.415. The van der Waals surface area contributed by atoms with Gasteiger partial charge in [0, 0.05) is 11.3 Å². The van der Waals surface area contributed by atoms with Crippen molar-refractivity contribution in [2.45, 2.75) is 17.5 Å². The van der Waals surface area contributed by atoms with Crippen molar-refractivity contribution in [2.24, 2.45) is 0 Å². The van der Waals surface area contributed by atoms with Crippen LogP contribution in [0.5, 0.6) is 5.75 Å². The fourth-order valence-corrected chi connectivity index (χ4v) is 4.04. The number of imidazole rings is 1. The smallest absolute Gasteiger partial charge is 0.169 e. The lowest BCUT2D eigenvalue weighted by Gasteiger charge is -2.13. The van der Waals surface area contributed by atoms with Gasteiger partial charge >= 0.3 is 0 Å². The summed E-state index contributed by atoms with van der Waals surface area (Å²) in [6, 6.07) is 29.2. The van der Waals surface area contributed by atoms with E-state index >= 15 is 0 Å². The number of ether oxygens (including phenoxy) is 1. The third kappa shape index (κ3) is 4.29.